The molecule has 0 saturated heterocycles. The third kappa shape index (κ3) is 5.61. The number of carbonyl (C=O) groups is 1. The molecule has 1 N–H and O–H groups in total. The number of hydrogen-bond acceptors (Lipinski definition) is 3. The molecule has 4 aromatic rings. The standard InChI is InChI=1S/C29H32N4O/c1-22-27(23(2)33(31-22)20-24-13-7-4-8-14-24)19-30-28(34)21-32(3)29(25-15-9-5-10-16-25)26-17-11-6-12-18-26/h4-18,29H,19-21H2,1-3H3,(H,30,34). The minimum absolute atomic E-state index is 0.00486. The minimum atomic E-state index is -0.00558. The first-order chi connectivity index (χ1) is 16.5. The Labute approximate surface area is 202 Å². The summed E-state index contributed by atoms with van der Waals surface area (Å²) in [7, 11) is 2.00. The molecule has 0 bridgehead atoms. The highest BCUT2D eigenvalue weighted by molar-refractivity contribution is 5.78. The summed E-state index contributed by atoms with van der Waals surface area (Å²) in [6, 6.07) is 30.9. The number of nitrogens with one attached hydrogen (secondary N) is 1. The Morgan fingerprint density at radius 2 is 1.41 bits per heavy atom. The van der Waals surface area contributed by atoms with Gasteiger partial charge in [-0.05, 0) is 37.6 Å². The van der Waals surface area contributed by atoms with Crippen LogP contribution in [0.3, 0.4) is 0 Å². The van der Waals surface area contributed by atoms with Crippen LogP contribution in [0.1, 0.15) is 39.7 Å². The van der Waals surface area contributed by atoms with Gasteiger partial charge in [0.05, 0.1) is 24.8 Å². The van der Waals surface area contributed by atoms with Gasteiger partial charge in [0.15, 0.2) is 0 Å². The number of likely N-dealkylation sites (N-methyl/N-ethyl adjacent to an activating group) is 1. The summed E-state index contributed by atoms with van der Waals surface area (Å²) in [5.41, 5.74) is 6.65. The molecule has 0 spiro atoms. The van der Waals surface area contributed by atoms with Gasteiger partial charge in [0, 0.05) is 17.8 Å². The second-order valence-corrected chi connectivity index (χ2v) is 8.71. The second-order valence-electron chi connectivity index (χ2n) is 8.71. The molecule has 0 unspecified atom stereocenters. The molecule has 5 heteroatoms. The molecule has 0 aliphatic carbocycles. The highest BCUT2D eigenvalue weighted by Gasteiger charge is 2.21. The Kier molecular flexibility index (Phi) is 7.55. The van der Waals surface area contributed by atoms with E-state index in [0.717, 1.165) is 34.6 Å². The fraction of sp³-hybridized carbons (Fsp3) is 0.241. The van der Waals surface area contributed by atoms with Gasteiger partial charge in [-0.25, -0.2) is 0 Å². The third-order valence-corrected chi connectivity index (χ3v) is 6.23. The van der Waals surface area contributed by atoms with E-state index in [1.165, 1.54) is 5.56 Å². The van der Waals surface area contributed by atoms with Gasteiger partial charge >= 0.3 is 0 Å². The maximum absolute atomic E-state index is 12.9. The Morgan fingerprint density at radius 1 is 0.882 bits per heavy atom. The van der Waals surface area contributed by atoms with Crippen LogP contribution in [-0.2, 0) is 17.9 Å². The molecule has 34 heavy (non-hydrogen) atoms. The second kappa shape index (κ2) is 10.9. The quantitative estimate of drug-likeness (QED) is 0.394. The largest absolute Gasteiger partial charge is 0.351 e. The molecule has 5 nitrogen and oxygen atoms in total. The molecule has 0 aliphatic rings. The topological polar surface area (TPSA) is 50.2 Å². The lowest BCUT2D eigenvalue weighted by molar-refractivity contribution is -0.122. The molecule has 0 atom stereocenters. The van der Waals surface area contributed by atoms with Crippen LogP contribution in [0.4, 0.5) is 0 Å². The summed E-state index contributed by atoms with van der Waals surface area (Å²) in [5.74, 6) is -0.00558. The van der Waals surface area contributed by atoms with Crippen molar-refractivity contribution in [2.45, 2.75) is 33.0 Å². The number of nitrogens with zero attached hydrogens (tertiary/aromatic N) is 3. The molecule has 0 radical (unpaired) electrons. The summed E-state index contributed by atoms with van der Waals surface area (Å²) < 4.78 is 2.01. The lowest BCUT2D eigenvalue weighted by atomic mass is 9.97. The minimum Gasteiger partial charge on any atom is -0.351 e. The Morgan fingerprint density at radius 3 is 1.97 bits per heavy atom. The van der Waals surface area contributed by atoms with E-state index < -0.39 is 0 Å². The maximum Gasteiger partial charge on any atom is 0.234 e. The van der Waals surface area contributed by atoms with Crippen LogP contribution < -0.4 is 5.32 Å². The SMILES string of the molecule is Cc1nn(Cc2ccccc2)c(C)c1CNC(=O)CN(C)C(c1ccccc1)c1ccccc1. The maximum atomic E-state index is 12.9. The summed E-state index contributed by atoms with van der Waals surface area (Å²) in [6.45, 7) is 5.56. The number of aromatic nitrogens is 2. The molecule has 1 aromatic heterocycles. The molecule has 0 aliphatic heterocycles. The molecule has 1 amide bonds. The summed E-state index contributed by atoms with van der Waals surface area (Å²) in [5, 5.41) is 7.82. The molecule has 0 fully saturated rings. The van der Waals surface area contributed by atoms with Crippen molar-refractivity contribution in [1.29, 1.82) is 0 Å². The Bertz CT molecular complexity index is 1160. The van der Waals surface area contributed by atoms with Gasteiger partial charge in [-0.3, -0.25) is 14.4 Å². The van der Waals surface area contributed by atoms with Crippen LogP contribution in [0, 0.1) is 13.8 Å². The molecule has 4 rings (SSSR count). The number of amides is 1. The van der Waals surface area contributed by atoms with Gasteiger partial charge in [-0.2, -0.15) is 5.10 Å². The van der Waals surface area contributed by atoms with Crippen molar-refractivity contribution in [2.75, 3.05) is 13.6 Å². The summed E-state index contributed by atoms with van der Waals surface area (Å²) in [6.07, 6.45) is 0. The fourth-order valence-electron chi connectivity index (χ4n) is 4.43. The molecule has 1 heterocycles. The van der Waals surface area contributed by atoms with Crippen molar-refractivity contribution in [3.8, 4) is 0 Å². The normalized spacial score (nSPS) is 11.2. The van der Waals surface area contributed by atoms with Gasteiger partial charge in [-0.15, -0.1) is 0 Å². The zero-order chi connectivity index (χ0) is 23.9. The summed E-state index contributed by atoms with van der Waals surface area (Å²) in [4.78, 5) is 15.0. The van der Waals surface area contributed by atoms with Crippen molar-refractivity contribution in [3.05, 3.63) is 125 Å². The van der Waals surface area contributed by atoms with Crippen LogP contribution in [-0.4, -0.2) is 34.2 Å². The predicted octanol–water partition coefficient (Wildman–Crippen LogP) is 4.89. The zero-order valence-electron chi connectivity index (χ0n) is 20.1. The Balaban J connectivity index is 1.42. The van der Waals surface area contributed by atoms with Crippen molar-refractivity contribution in [3.63, 3.8) is 0 Å². The lowest BCUT2D eigenvalue weighted by Gasteiger charge is -2.28. The van der Waals surface area contributed by atoms with Crippen LogP contribution in [0.2, 0.25) is 0 Å². The molecular formula is C29H32N4O. The van der Waals surface area contributed by atoms with Crippen LogP contribution >= 0.6 is 0 Å². The smallest absolute Gasteiger partial charge is 0.234 e. The van der Waals surface area contributed by atoms with E-state index in [1.807, 2.05) is 73.3 Å². The number of benzene rings is 3. The molecule has 3 aromatic carbocycles. The molecular weight excluding hydrogens is 420 g/mol. The van der Waals surface area contributed by atoms with Crippen molar-refractivity contribution in [2.24, 2.45) is 0 Å². The van der Waals surface area contributed by atoms with Crippen molar-refractivity contribution in [1.82, 2.24) is 20.0 Å². The van der Waals surface area contributed by atoms with Gasteiger partial charge in [-0.1, -0.05) is 91.0 Å². The predicted molar refractivity (Wildman–Crippen MR) is 136 cm³/mol. The lowest BCUT2D eigenvalue weighted by Crippen LogP contribution is -2.37. The number of hydrogen-bond donors (Lipinski definition) is 1. The van der Waals surface area contributed by atoms with Gasteiger partial charge in [0.1, 0.15) is 0 Å². The zero-order valence-corrected chi connectivity index (χ0v) is 20.1. The van der Waals surface area contributed by atoms with E-state index in [0.29, 0.717) is 13.1 Å². The Hall–Kier alpha value is -3.70. The number of aryl methyl sites for hydroxylation is 1. The van der Waals surface area contributed by atoms with Gasteiger partial charge in [0.2, 0.25) is 5.91 Å². The first-order valence-corrected chi connectivity index (χ1v) is 11.7. The summed E-state index contributed by atoms with van der Waals surface area (Å²) >= 11 is 0. The third-order valence-electron chi connectivity index (χ3n) is 6.23. The van der Waals surface area contributed by atoms with Crippen LogP contribution in [0.25, 0.3) is 0 Å². The number of carbonyl (C=O) groups excluding carboxylic acids is 1. The van der Waals surface area contributed by atoms with Crippen molar-refractivity contribution >= 4 is 5.91 Å². The first-order valence-electron chi connectivity index (χ1n) is 11.7. The van der Waals surface area contributed by atoms with Crippen LogP contribution in [0.5, 0.6) is 0 Å². The van der Waals surface area contributed by atoms with Gasteiger partial charge in [0.25, 0.3) is 0 Å². The van der Waals surface area contributed by atoms with E-state index in [1.54, 1.807) is 0 Å². The average molecular weight is 453 g/mol. The van der Waals surface area contributed by atoms with E-state index in [-0.39, 0.29) is 11.9 Å². The van der Waals surface area contributed by atoms with E-state index in [4.69, 9.17) is 5.10 Å². The van der Waals surface area contributed by atoms with E-state index >= 15 is 0 Å². The van der Waals surface area contributed by atoms with Crippen molar-refractivity contribution < 1.29 is 4.79 Å². The van der Waals surface area contributed by atoms with Gasteiger partial charge < -0.3 is 5.32 Å². The first kappa shape index (κ1) is 23.5. The molecule has 0 saturated carbocycles. The van der Waals surface area contributed by atoms with E-state index in [2.05, 4.69) is 53.5 Å². The van der Waals surface area contributed by atoms with E-state index in [9.17, 15) is 4.79 Å². The highest BCUT2D eigenvalue weighted by atomic mass is 16.2. The highest BCUT2D eigenvalue weighted by Crippen LogP contribution is 2.27. The number of rotatable bonds is 9. The van der Waals surface area contributed by atoms with Crippen LogP contribution in [0.15, 0.2) is 91.0 Å². The molecule has 174 valence electrons. The monoisotopic (exact) mass is 452 g/mol. The fourth-order valence-corrected chi connectivity index (χ4v) is 4.43. The average Bonchev–Trinajstić information content (AvgIpc) is 3.12.